The van der Waals surface area contributed by atoms with Crippen LogP contribution >= 0.6 is 0 Å². The molecule has 4 nitrogen and oxygen atoms in total. The van der Waals surface area contributed by atoms with E-state index in [0.29, 0.717) is 13.1 Å². The Hall–Kier alpha value is -0.870. The summed E-state index contributed by atoms with van der Waals surface area (Å²) in [4.78, 5) is 12.3. The van der Waals surface area contributed by atoms with Gasteiger partial charge in [-0.2, -0.15) is 0 Å². The minimum absolute atomic E-state index is 0.600. The SMILES string of the molecule is CC1(O)CCCN(C/C=C/C(=O)O)C1. The van der Waals surface area contributed by atoms with Crippen LogP contribution in [0.1, 0.15) is 19.8 Å². The Balaban J connectivity index is 2.35. The number of aliphatic carboxylic acids is 1. The number of nitrogens with zero attached hydrogens (tertiary/aromatic N) is 1. The topological polar surface area (TPSA) is 60.8 Å². The average molecular weight is 199 g/mol. The Morgan fingerprint density at radius 1 is 1.64 bits per heavy atom. The number of carboxylic acids is 1. The number of rotatable bonds is 3. The number of piperidine rings is 1. The van der Waals surface area contributed by atoms with Gasteiger partial charge in [0.25, 0.3) is 0 Å². The summed E-state index contributed by atoms with van der Waals surface area (Å²) in [6.07, 6.45) is 4.55. The molecule has 0 radical (unpaired) electrons. The summed E-state index contributed by atoms with van der Waals surface area (Å²) >= 11 is 0. The largest absolute Gasteiger partial charge is 0.478 e. The number of likely N-dealkylation sites (tertiary alicyclic amines) is 1. The van der Waals surface area contributed by atoms with E-state index in [4.69, 9.17) is 5.11 Å². The van der Waals surface area contributed by atoms with Crippen molar-refractivity contribution in [1.29, 1.82) is 0 Å². The van der Waals surface area contributed by atoms with E-state index in [-0.39, 0.29) is 0 Å². The molecule has 0 aromatic rings. The van der Waals surface area contributed by atoms with Gasteiger partial charge in [-0.05, 0) is 26.3 Å². The molecule has 1 rings (SSSR count). The highest BCUT2D eigenvalue weighted by Gasteiger charge is 2.27. The van der Waals surface area contributed by atoms with Gasteiger partial charge in [0, 0.05) is 19.2 Å². The molecule has 1 heterocycles. The van der Waals surface area contributed by atoms with Crippen molar-refractivity contribution in [3.05, 3.63) is 12.2 Å². The highest BCUT2D eigenvalue weighted by Crippen LogP contribution is 2.19. The van der Waals surface area contributed by atoms with Crippen molar-refractivity contribution in [2.45, 2.75) is 25.4 Å². The van der Waals surface area contributed by atoms with E-state index in [1.165, 1.54) is 0 Å². The molecule has 2 N–H and O–H groups in total. The molecule has 80 valence electrons. The predicted octanol–water partition coefficient (Wildman–Crippen LogP) is 0.474. The highest BCUT2D eigenvalue weighted by atomic mass is 16.4. The lowest BCUT2D eigenvalue weighted by atomic mass is 9.95. The van der Waals surface area contributed by atoms with Gasteiger partial charge in [0.2, 0.25) is 0 Å². The van der Waals surface area contributed by atoms with Crippen LogP contribution in [0.5, 0.6) is 0 Å². The molecule has 1 atom stereocenters. The number of aliphatic hydroxyl groups is 1. The van der Waals surface area contributed by atoms with Gasteiger partial charge >= 0.3 is 5.97 Å². The summed E-state index contributed by atoms with van der Waals surface area (Å²) in [5, 5.41) is 18.2. The summed E-state index contributed by atoms with van der Waals surface area (Å²) < 4.78 is 0. The normalized spacial score (nSPS) is 29.6. The molecule has 4 heteroatoms. The summed E-state index contributed by atoms with van der Waals surface area (Å²) in [5.74, 6) is -0.922. The van der Waals surface area contributed by atoms with Gasteiger partial charge in [0.15, 0.2) is 0 Å². The zero-order valence-electron chi connectivity index (χ0n) is 8.44. The maximum Gasteiger partial charge on any atom is 0.328 e. The molecule has 0 aromatic heterocycles. The maximum atomic E-state index is 10.2. The van der Waals surface area contributed by atoms with Crippen molar-refractivity contribution in [2.75, 3.05) is 19.6 Å². The first kappa shape index (κ1) is 11.2. The summed E-state index contributed by atoms with van der Waals surface area (Å²) in [5.41, 5.74) is -0.616. The van der Waals surface area contributed by atoms with Gasteiger partial charge in [-0.1, -0.05) is 6.08 Å². The number of hydrogen-bond acceptors (Lipinski definition) is 3. The first-order valence-corrected chi connectivity index (χ1v) is 4.84. The van der Waals surface area contributed by atoms with Gasteiger partial charge < -0.3 is 10.2 Å². The molecule has 14 heavy (non-hydrogen) atoms. The lowest BCUT2D eigenvalue weighted by Gasteiger charge is -2.36. The van der Waals surface area contributed by atoms with E-state index >= 15 is 0 Å². The van der Waals surface area contributed by atoms with Crippen LogP contribution in [0.3, 0.4) is 0 Å². The lowest BCUT2D eigenvalue weighted by Crippen LogP contribution is -2.45. The predicted molar refractivity (Wildman–Crippen MR) is 53.1 cm³/mol. The first-order chi connectivity index (χ1) is 6.49. The van der Waals surface area contributed by atoms with Crippen LogP contribution in [0.4, 0.5) is 0 Å². The van der Waals surface area contributed by atoms with Crippen LogP contribution in [-0.4, -0.2) is 46.3 Å². The second-order valence-electron chi connectivity index (χ2n) is 4.08. The Morgan fingerprint density at radius 3 is 2.93 bits per heavy atom. The van der Waals surface area contributed by atoms with Crippen molar-refractivity contribution in [1.82, 2.24) is 4.90 Å². The zero-order valence-corrected chi connectivity index (χ0v) is 8.44. The van der Waals surface area contributed by atoms with Crippen molar-refractivity contribution in [3.8, 4) is 0 Å². The van der Waals surface area contributed by atoms with Crippen LogP contribution in [0.25, 0.3) is 0 Å². The third-order valence-corrected chi connectivity index (χ3v) is 2.38. The summed E-state index contributed by atoms with van der Waals surface area (Å²) in [6.45, 7) is 3.97. The quantitative estimate of drug-likeness (QED) is 0.649. The molecule has 0 aromatic carbocycles. The van der Waals surface area contributed by atoms with Crippen LogP contribution in [0.2, 0.25) is 0 Å². The number of carbonyl (C=O) groups is 1. The van der Waals surface area contributed by atoms with Crippen LogP contribution in [0, 0.1) is 0 Å². The summed E-state index contributed by atoms with van der Waals surface area (Å²) in [7, 11) is 0. The van der Waals surface area contributed by atoms with Crippen molar-refractivity contribution >= 4 is 5.97 Å². The van der Waals surface area contributed by atoms with Crippen LogP contribution in [0.15, 0.2) is 12.2 Å². The summed E-state index contributed by atoms with van der Waals surface area (Å²) in [6, 6.07) is 0. The van der Waals surface area contributed by atoms with E-state index < -0.39 is 11.6 Å². The Bertz CT molecular complexity index is 236. The standard InChI is InChI=1S/C10H17NO3/c1-10(14)5-3-7-11(8-10)6-2-4-9(12)13/h2,4,14H,3,5-8H2,1H3,(H,12,13)/b4-2+. The Kier molecular flexibility index (Phi) is 3.66. The highest BCUT2D eigenvalue weighted by molar-refractivity contribution is 5.79. The van der Waals surface area contributed by atoms with E-state index in [1.54, 1.807) is 6.08 Å². The van der Waals surface area contributed by atoms with Gasteiger partial charge in [0.1, 0.15) is 0 Å². The van der Waals surface area contributed by atoms with Crippen LogP contribution < -0.4 is 0 Å². The molecule has 1 fully saturated rings. The van der Waals surface area contributed by atoms with E-state index in [0.717, 1.165) is 25.5 Å². The van der Waals surface area contributed by atoms with Gasteiger partial charge in [-0.3, -0.25) is 4.90 Å². The first-order valence-electron chi connectivity index (χ1n) is 4.84. The molecule has 1 saturated heterocycles. The van der Waals surface area contributed by atoms with Crippen molar-refractivity contribution in [3.63, 3.8) is 0 Å². The number of hydrogen-bond donors (Lipinski definition) is 2. The van der Waals surface area contributed by atoms with E-state index in [9.17, 15) is 9.90 Å². The number of β-amino-alcohol motifs (C(OH)–C–C–N with tert-alkyl or cyclic N) is 1. The molecule has 1 unspecified atom stereocenters. The monoisotopic (exact) mass is 199 g/mol. The smallest absolute Gasteiger partial charge is 0.328 e. The molecule has 0 bridgehead atoms. The maximum absolute atomic E-state index is 10.2. The second-order valence-corrected chi connectivity index (χ2v) is 4.08. The van der Waals surface area contributed by atoms with Gasteiger partial charge in [-0.15, -0.1) is 0 Å². The fraction of sp³-hybridized carbons (Fsp3) is 0.700. The minimum atomic E-state index is -0.922. The third-order valence-electron chi connectivity index (χ3n) is 2.38. The van der Waals surface area contributed by atoms with Crippen LogP contribution in [-0.2, 0) is 4.79 Å². The fourth-order valence-corrected chi connectivity index (χ4v) is 1.78. The Labute approximate surface area is 83.8 Å². The second kappa shape index (κ2) is 4.57. The molecule has 0 amide bonds. The zero-order chi connectivity index (χ0) is 10.6. The van der Waals surface area contributed by atoms with E-state index in [1.807, 2.05) is 6.92 Å². The minimum Gasteiger partial charge on any atom is -0.478 e. The third kappa shape index (κ3) is 3.89. The van der Waals surface area contributed by atoms with Gasteiger partial charge in [-0.25, -0.2) is 4.79 Å². The van der Waals surface area contributed by atoms with E-state index in [2.05, 4.69) is 4.90 Å². The Morgan fingerprint density at radius 2 is 2.36 bits per heavy atom. The molecule has 0 spiro atoms. The van der Waals surface area contributed by atoms with Gasteiger partial charge in [0.05, 0.1) is 5.60 Å². The number of carboxylic acid groups (broad SMARTS) is 1. The average Bonchev–Trinajstić information content (AvgIpc) is 2.01. The molecule has 0 aliphatic carbocycles. The molecule has 1 aliphatic rings. The molecular weight excluding hydrogens is 182 g/mol. The van der Waals surface area contributed by atoms with Crippen molar-refractivity contribution < 1.29 is 15.0 Å². The fourth-order valence-electron chi connectivity index (χ4n) is 1.78. The molecular formula is C10H17NO3. The molecule has 1 aliphatic heterocycles. The molecule has 0 saturated carbocycles. The van der Waals surface area contributed by atoms with Crippen molar-refractivity contribution in [2.24, 2.45) is 0 Å². The lowest BCUT2D eigenvalue weighted by molar-refractivity contribution is -0.131.